The molecule has 0 saturated heterocycles. The molecule has 0 aromatic rings. The van der Waals surface area contributed by atoms with Gasteiger partial charge in [0.05, 0.1) is 0 Å². The van der Waals surface area contributed by atoms with Gasteiger partial charge in [-0.1, -0.05) is 0 Å². The van der Waals surface area contributed by atoms with Crippen molar-refractivity contribution in [1.82, 2.24) is 0 Å². The Kier molecular flexibility index (Phi) is 167. The number of carbonyl (C=O) groups is 1. The average molecular weight is 222 g/mol. The Bertz CT molecular complexity index is 39.9. The SMILES string of the molecule is O.O.O=C(O)O.[CaH2].[Fe].[MgH2]. The van der Waals surface area contributed by atoms with Crippen LogP contribution in [0.15, 0.2) is 0 Å². The van der Waals surface area contributed by atoms with E-state index in [9.17, 15) is 0 Å². The van der Waals surface area contributed by atoms with Gasteiger partial charge in [0.25, 0.3) is 0 Å². The normalized spacial score (nSPS) is 2.67. The van der Waals surface area contributed by atoms with Crippen LogP contribution in [0, 0.1) is 0 Å². The first-order chi connectivity index (χ1) is 1.73. The summed E-state index contributed by atoms with van der Waals surface area (Å²) < 4.78 is 0. The largest absolute Gasteiger partial charge is 0.316 e. The molecule has 0 heterocycles. The number of hydrogen-bond donors (Lipinski definition) is 2. The maximum atomic E-state index is 8.56. The second-order valence-corrected chi connectivity index (χ2v) is 0.283. The Hall–Kier alpha value is 1.74. The van der Waals surface area contributed by atoms with E-state index in [4.69, 9.17) is 15.0 Å². The van der Waals surface area contributed by atoms with Crippen LogP contribution in [-0.4, -0.2) is 88.1 Å². The van der Waals surface area contributed by atoms with E-state index in [1.165, 1.54) is 0 Å². The summed E-state index contributed by atoms with van der Waals surface area (Å²) in [5.74, 6) is 0. The molecule has 0 radical (unpaired) electrons. The maximum Gasteiger partial charge on any atom is 0.316 e. The first kappa shape index (κ1) is 45.4. The molecule has 0 aromatic carbocycles. The Morgan fingerprint density at radius 2 is 1.11 bits per heavy atom. The topological polar surface area (TPSA) is 121 Å². The molecule has 0 spiro atoms. The van der Waals surface area contributed by atoms with E-state index < -0.39 is 6.16 Å². The number of hydrogen-bond acceptors (Lipinski definition) is 1. The molecule has 8 heteroatoms. The molecule has 0 rings (SSSR count). The smallest absolute Gasteiger partial charge is 0 e. The standard InChI is InChI=1S/CH2O3.Ca.Fe.Mg.2H2O.4H/c2-1(3)4;;;;;;;;;/h(H2,2,3,4);;;;2*1H2;;;;. The maximum absolute atomic E-state index is 8.56. The van der Waals surface area contributed by atoms with Gasteiger partial charge in [0.1, 0.15) is 0 Å². The molecule has 6 N–H and O–H groups in total. The van der Waals surface area contributed by atoms with Crippen molar-refractivity contribution in [2.24, 2.45) is 0 Å². The van der Waals surface area contributed by atoms with Crippen LogP contribution < -0.4 is 0 Å². The molecule has 0 aliphatic rings. The molecule has 0 unspecified atom stereocenters. The van der Waals surface area contributed by atoms with Crippen LogP contribution in [0.1, 0.15) is 0 Å². The number of rotatable bonds is 0. The van der Waals surface area contributed by atoms with Gasteiger partial charge in [0.2, 0.25) is 0 Å². The summed E-state index contributed by atoms with van der Waals surface area (Å²) in [7, 11) is 0. The van der Waals surface area contributed by atoms with Gasteiger partial charge in [-0.2, -0.15) is 0 Å². The van der Waals surface area contributed by atoms with Crippen LogP contribution >= 0.6 is 0 Å². The van der Waals surface area contributed by atoms with E-state index in [-0.39, 0.29) is 88.8 Å². The van der Waals surface area contributed by atoms with E-state index in [0.717, 1.165) is 0 Å². The van der Waals surface area contributed by atoms with Gasteiger partial charge in [-0.3, -0.25) is 0 Å². The Morgan fingerprint density at radius 1 is 1.11 bits per heavy atom. The fourth-order valence-electron chi connectivity index (χ4n) is 0. The first-order valence-electron chi connectivity index (χ1n) is 0.651. The fraction of sp³-hybridized carbons (Fsp3) is 0. The monoisotopic (exact) mass is 222 g/mol. The zero-order valence-corrected chi connectivity index (χ0v) is 4.26. The zero-order valence-electron chi connectivity index (χ0n) is 3.16. The fourth-order valence-corrected chi connectivity index (χ4v) is 0. The second-order valence-electron chi connectivity index (χ2n) is 0.283. The molecule has 0 bridgehead atoms. The molecule has 0 amide bonds. The van der Waals surface area contributed by atoms with Crippen LogP contribution in [0.4, 0.5) is 4.79 Å². The van der Waals surface area contributed by atoms with Gasteiger partial charge in [0.15, 0.2) is 0 Å². The molecular weight excluding hydrogens is 212 g/mol. The van der Waals surface area contributed by atoms with Crippen molar-refractivity contribution in [3.63, 3.8) is 0 Å². The summed E-state index contributed by atoms with van der Waals surface area (Å²) in [5.41, 5.74) is 0. The van der Waals surface area contributed by atoms with Gasteiger partial charge in [-0.25, -0.2) is 4.79 Å². The molecule has 56 valence electrons. The summed E-state index contributed by atoms with van der Waals surface area (Å²) >= 11 is 0. The Morgan fingerprint density at radius 3 is 1.11 bits per heavy atom. The molecular formula is CH10CaFeMgO5. The number of carboxylic acid groups (broad SMARTS) is 2. The van der Waals surface area contributed by atoms with Gasteiger partial charge in [0, 0.05) is 17.1 Å². The van der Waals surface area contributed by atoms with E-state index in [2.05, 4.69) is 0 Å². The quantitative estimate of drug-likeness (QED) is 0.418. The molecule has 9 heavy (non-hydrogen) atoms. The molecule has 0 fully saturated rings. The van der Waals surface area contributed by atoms with Crippen molar-refractivity contribution in [3.8, 4) is 0 Å². The third-order valence-corrected chi connectivity index (χ3v) is 0. The summed E-state index contributed by atoms with van der Waals surface area (Å²) in [5, 5.41) is 13.9. The van der Waals surface area contributed by atoms with Crippen molar-refractivity contribution >= 4 is 66.9 Å². The van der Waals surface area contributed by atoms with Crippen molar-refractivity contribution in [1.29, 1.82) is 0 Å². The van der Waals surface area contributed by atoms with Gasteiger partial charge >= 0.3 is 66.9 Å². The molecule has 0 saturated carbocycles. The minimum Gasteiger partial charge on any atom is 0 e. The summed E-state index contributed by atoms with van der Waals surface area (Å²) in [6.45, 7) is 0. The summed E-state index contributed by atoms with van der Waals surface area (Å²) in [6, 6.07) is 0. The van der Waals surface area contributed by atoms with Crippen LogP contribution in [0.25, 0.3) is 0 Å². The zero-order chi connectivity index (χ0) is 3.58. The van der Waals surface area contributed by atoms with Crippen LogP contribution in [-0.2, 0) is 17.1 Å². The van der Waals surface area contributed by atoms with E-state index in [0.29, 0.717) is 0 Å². The first-order valence-corrected chi connectivity index (χ1v) is 0.651. The Balaban J connectivity index is -0.00000000450. The third kappa shape index (κ3) is 193. The van der Waals surface area contributed by atoms with Crippen molar-refractivity contribution in [3.05, 3.63) is 0 Å². The van der Waals surface area contributed by atoms with Crippen LogP contribution in [0.2, 0.25) is 0 Å². The van der Waals surface area contributed by atoms with E-state index in [1.807, 2.05) is 0 Å². The minimum absolute atomic E-state index is 0. The Labute approximate surface area is 108 Å². The molecule has 0 aromatic heterocycles. The van der Waals surface area contributed by atoms with E-state index >= 15 is 0 Å². The molecule has 0 aliphatic carbocycles. The van der Waals surface area contributed by atoms with Crippen LogP contribution in [0.3, 0.4) is 0 Å². The van der Waals surface area contributed by atoms with Gasteiger partial charge in [-0.15, -0.1) is 0 Å². The van der Waals surface area contributed by atoms with Crippen LogP contribution in [0.5, 0.6) is 0 Å². The van der Waals surface area contributed by atoms with E-state index in [1.54, 1.807) is 0 Å². The predicted octanol–water partition coefficient (Wildman–Crippen LogP) is -3.26. The van der Waals surface area contributed by atoms with Crippen molar-refractivity contribution in [2.45, 2.75) is 0 Å². The van der Waals surface area contributed by atoms with Crippen molar-refractivity contribution < 1.29 is 43.0 Å². The van der Waals surface area contributed by atoms with Crippen molar-refractivity contribution in [2.75, 3.05) is 0 Å². The second kappa shape index (κ2) is 33.1. The molecule has 5 nitrogen and oxygen atoms in total. The minimum atomic E-state index is -1.83. The third-order valence-electron chi connectivity index (χ3n) is 0. The average Bonchev–Trinajstić information content (AvgIpc) is 0.811. The predicted molar refractivity (Wildman–Crippen MR) is 35.0 cm³/mol. The molecule has 0 atom stereocenters. The molecule has 0 aliphatic heterocycles. The summed E-state index contributed by atoms with van der Waals surface area (Å²) in [4.78, 5) is 8.56. The van der Waals surface area contributed by atoms with Gasteiger partial charge < -0.3 is 21.2 Å². The van der Waals surface area contributed by atoms with Gasteiger partial charge in [-0.05, 0) is 0 Å². The summed E-state index contributed by atoms with van der Waals surface area (Å²) in [6.07, 6.45) is -1.83.